The third-order valence-corrected chi connectivity index (χ3v) is 4.38. The van der Waals surface area contributed by atoms with E-state index in [1.165, 1.54) is 0 Å². The molecule has 1 saturated heterocycles. The highest BCUT2D eigenvalue weighted by atomic mass is 35.5. The van der Waals surface area contributed by atoms with E-state index in [1.54, 1.807) is 17.8 Å². The minimum Gasteiger partial charge on any atom is -0.349 e. The fraction of sp³-hybridized carbons (Fsp3) is 0.500. The first-order chi connectivity index (χ1) is 9.20. The normalized spacial score (nSPS) is 19.8. The maximum absolute atomic E-state index is 12.3. The van der Waals surface area contributed by atoms with Crippen molar-refractivity contribution >= 4 is 29.3 Å². The van der Waals surface area contributed by atoms with Crippen molar-refractivity contribution in [2.45, 2.75) is 30.2 Å². The molecule has 0 aliphatic carbocycles. The molecule has 104 valence electrons. The summed E-state index contributed by atoms with van der Waals surface area (Å²) in [4.78, 5) is 13.3. The average molecular weight is 299 g/mol. The van der Waals surface area contributed by atoms with E-state index in [0.717, 1.165) is 37.2 Å². The smallest absolute Gasteiger partial charge is 0.253 e. The second-order valence-corrected chi connectivity index (χ2v) is 5.98. The molecule has 1 atom stereocenters. The van der Waals surface area contributed by atoms with Crippen molar-refractivity contribution in [2.75, 3.05) is 19.3 Å². The van der Waals surface area contributed by atoms with Crippen LogP contribution in [0, 0.1) is 0 Å². The van der Waals surface area contributed by atoms with Gasteiger partial charge in [0, 0.05) is 10.9 Å². The molecule has 3 nitrogen and oxygen atoms in total. The van der Waals surface area contributed by atoms with Crippen LogP contribution in [0.5, 0.6) is 0 Å². The molecule has 1 aliphatic rings. The van der Waals surface area contributed by atoms with Crippen LogP contribution in [0.2, 0.25) is 5.02 Å². The average Bonchev–Trinajstić information content (AvgIpc) is 2.68. The molecule has 1 unspecified atom stereocenters. The van der Waals surface area contributed by atoms with Gasteiger partial charge in [0.2, 0.25) is 0 Å². The van der Waals surface area contributed by atoms with Crippen molar-refractivity contribution in [3.05, 3.63) is 28.8 Å². The van der Waals surface area contributed by atoms with Crippen molar-refractivity contribution in [2.24, 2.45) is 0 Å². The maximum Gasteiger partial charge on any atom is 0.253 e. The molecule has 0 spiro atoms. The number of amides is 1. The molecule has 0 radical (unpaired) electrons. The number of thioether (sulfide) groups is 1. The second-order valence-electron chi connectivity index (χ2n) is 4.70. The van der Waals surface area contributed by atoms with Crippen LogP contribution in [0.25, 0.3) is 0 Å². The predicted molar refractivity (Wildman–Crippen MR) is 81.2 cm³/mol. The van der Waals surface area contributed by atoms with E-state index in [1.807, 2.05) is 18.4 Å². The highest BCUT2D eigenvalue weighted by molar-refractivity contribution is 7.98. The predicted octanol–water partition coefficient (Wildman–Crippen LogP) is 2.93. The first kappa shape index (κ1) is 14.7. The van der Waals surface area contributed by atoms with Crippen LogP contribution < -0.4 is 10.6 Å². The van der Waals surface area contributed by atoms with Gasteiger partial charge in [0.05, 0.1) is 10.6 Å². The van der Waals surface area contributed by atoms with Gasteiger partial charge in [-0.25, -0.2) is 0 Å². The van der Waals surface area contributed by atoms with Crippen LogP contribution in [0.4, 0.5) is 0 Å². The summed E-state index contributed by atoms with van der Waals surface area (Å²) >= 11 is 7.73. The van der Waals surface area contributed by atoms with E-state index < -0.39 is 0 Å². The summed E-state index contributed by atoms with van der Waals surface area (Å²) in [7, 11) is 0. The van der Waals surface area contributed by atoms with Crippen molar-refractivity contribution in [3.63, 3.8) is 0 Å². The Bertz CT molecular complexity index is 445. The number of hydrogen-bond acceptors (Lipinski definition) is 3. The quantitative estimate of drug-likeness (QED) is 0.843. The molecular weight excluding hydrogens is 280 g/mol. The SMILES string of the molecule is CSc1ccc(Cl)c(C(=O)NC2CCCNCC2)c1. The zero-order chi connectivity index (χ0) is 13.7. The Morgan fingerprint density at radius 1 is 1.42 bits per heavy atom. The summed E-state index contributed by atoms with van der Waals surface area (Å²) in [5, 5.41) is 6.95. The number of nitrogens with one attached hydrogen (secondary N) is 2. The van der Waals surface area contributed by atoms with Gasteiger partial charge in [-0.15, -0.1) is 11.8 Å². The summed E-state index contributed by atoms with van der Waals surface area (Å²) in [6.07, 6.45) is 5.09. The minimum atomic E-state index is -0.0622. The Morgan fingerprint density at radius 3 is 3.05 bits per heavy atom. The summed E-state index contributed by atoms with van der Waals surface area (Å²) < 4.78 is 0. The Labute approximate surface area is 123 Å². The van der Waals surface area contributed by atoms with Gasteiger partial charge in [-0.05, 0) is 56.8 Å². The third-order valence-electron chi connectivity index (χ3n) is 3.33. The van der Waals surface area contributed by atoms with Crippen LogP contribution in [-0.4, -0.2) is 31.3 Å². The largest absolute Gasteiger partial charge is 0.349 e. The second kappa shape index (κ2) is 7.17. The van der Waals surface area contributed by atoms with Crippen LogP contribution in [-0.2, 0) is 0 Å². The Balaban J connectivity index is 2.06. The molecule has 1 amide bonds. The van der Waals surface area contributed by atoms with Crippen LogP contribution in [0.1, 0.15) is 29.6 Å². The van der Waals surface area contributed by atoms with Gasteiger partial charge in [0.1, 0.15) is 0 Å². The van der Waals surface area contributed by atoms with Gasteiger partial charge >= 0.3 is 0 Å². The lowest BCUT2D eigenvalue weighted by atomic mass is 10.1. The van der Waals surface area contributed by atoms with Crippen LogP contribution in [0.3, 0.4) is 0 Å². The summed E-state index contributed by atoms with van der Waals surface area (Å²) in [5.41, 5.74) is 0.575. The Hall–Kier alpha value is -0.710. The van der Waals surface area contributed by atoms with Gasteiger partial charge in [-0.2, -0.15) is 0 Å². The molecule has 0 saturated carbocycles. The zero-order valence-corrected chi connectivity index (χ0v) is 12.6. The highest BCUT2D eigenvalue weighted by Gasteiger charge is 2.17. The van der Waals surface area contributed by atoms with E-state index >= 15 is 0 Å². The summed E-state index contributed by atoms with van der Waals surface area (Å²) in [5.74, 6) is -0.0622. The summed E-state index contributed by atoms with van der Waals surface area (Å²) in [6, 6.07) is 5.82. The van der Waals surface area contributed by atoms with Crippen molar-refractivity contribution in [3.8, 4) is 0 Å². The molecular formula is C14H19ClN2OS. The van der Waals surface area contributed by atoms with Crippen molar-refractivity contribution in [1.29, 1.82) is 0 Å². The number of carbonyl (C=O) groups excluding carboxylic acids is 1. The van der Waals surface area contributed by atoms with Gasteiger partial charge in [-0.1, -0.05) is 11.6 Å². The monoisotopic (exact) mass is 298 g/mol. The molecule has 0 aromatic heterocycles. The van der Waals surface area contributed by atoms with E-state index in [4.69, 9.17) is 11.6 Å². The molecule has 5 heteroatoms. The van der Waals surface area contributed by atoms with E-state index in [-0.39, 0.29) is 11.9 Å². The molecule has 1 aliphatic heterocycles. The molecule has 1 aromatic rings. The van der Waals surface area contributed by atoms with Crippen LogP contribution >= 0.6 is 23.4 Å². The lowest BCUT2D eigenvalue weighted by Gasteiger charge is -2.16. The van der Waals surface area contributed by atoms with Crippen LogP contribution in [0.15, 0.2) is 23.1 Å². The Morgan fingerprint density at radius 2 is 2.26 bits per heavy atom. The molecule has 1 heterocycles. The topological polar surface area (TPSA) is 41.1 Å². The molecule has 0 bridgehead atoms. The van der Waals surface area contributed by atoms with Gasteiger partial charge in [0.15, 0.2) is 0 Å². The number of halogens is 1. The maximum atomic E-state index is 12.3. The zero-order valence-electron chi connectivity index (χ0n) is 11.0. The van der Waals surface area contributed by atoms with Crippen molar-refractivity contribution in [1.82, 2.24) is 10.6 Å². The number of hydrogen-bond donors (Lipinski definition) is 2. The summed E-state index contributed by atoms with van der Waals surface area (Å²) in [6.45, 7) is 2.00. The Kier molecular flexibility index (Phi) is 5.55. The molecule has 1 aromatic carbocycles. The van der Waals surface area contributed by atoms with Gasteiger partial charge in [0.25, 0.3) is 5.91 Å². The van der Waals surface area contributed by atoms with Crippen molar-refractivity contribution < 1.29 is 4.79 Å². The first-order valence-electron chi connectivity index (χ1n) is 6.56. The standard InChI is InChI=1S/C14H19ClN2OS/c1-19-11-4-5-13(15)12(9-11)14(18)17-10-3-2-7-16-8-6-10/h4-5,9-10,16H,2-3,6-8H2,1H3,(H,17,18). The molecule has 2 N–H and O–H groups in total. The number of benzene rings is 1. The lowest BCUT2D eigenvalue weighted by molar-refractivity contribution is 0.0934. The lowest BCUT2D eigenvalue weighted by Crippen LogP contribution is -2.35. The number of carbonyl (C=O) groups is 1. The molecule has 19 heavy (non-hydrogen) atoms. The van der Waals surface area contributed by atoms with E-state index in [2.05, 4.69) is 10.6 Å². The fourth-order valence-electron chi connectivity index (χ4n) is 2.23. The third kappa shape index (κ3) is 4.13. The van der Waals surface area contributed by atoms with E-state index in [0.29, 0.717) is 10.6 Å². The minimum absolute atomic E-state index is 0.0622. The fourth-order valence-corrected chi connectivity index (χ4v) is 2.88. The first-order valence-corrected chi connectivity index (χ1v) is 8.16. The number of rotatable bonds is 3. The molecule has 1 fully saturated rings. The van der Waals surface area contributed by atoms with Gasteiger partial charge < -0.3 is 10.6 Å². The highest BCUT2D eigenvalue weighted by Crippen LogP contribution is 2.23. The molecule has 2 rings (SSSR count). The van der Waals surface area contributed by atoms with E-state index in [9.17, 15) is 4.79 Å². The van der Waals surface area contributed by atoms with Gasteiger partial charge in [-0.3, -0.25) is 4.79 Å².